The highest BCUT2D eigenvalue weighted by Gasteiger charge is 2.15. The van der Waals surface area contributed by atoms with Crippen molar-refractivity contribution in [3.05, 3.63) is 72.2 Å². The molecule has 1 aromatic carbocycles. The minimum absolute atomic E-state index is 0.305. The molecule has 9 heteroatoms. The second-order valence-corrected chi connectivity index (χ2v) is 7.57. The third kappa shape index (κ3) is 5.27. The fourth-order valence-corrected chi connectivity index (χ4v) is 3.65. The molecule has 33 heavy (non-hydrogen) atoms. The van der Waals surface area contributed by atoms with E-state index in [4.69, 9.17) is 9.47 Å². The molecular weight excluding hydrogens is 418 g/mol. The van der Waals surface area contributed by atoms with Crippen LogP contribution in [-0.4, -0.2) is 59.1 Å². The zero-order chi connectivity index (χ0) is 22.3. The summed E-state index contributed by atoms with van der Waals surface area (Å²) in [7, 11) is 0. The summed E-state index contributed by atoms with van der Waals surface area (Å²) in [6, 6.07) is 16.1. The minimum atomic E-state index is 0.305. The van der Waals surface area contributed by atoms with E-state index in [1.807, 2.05) is 48.7 Å². The van der Waals surface area contributed by atoms with Crippen LogP contribution in [0.25, 0.3) is 10.9 Å². The molecule has 0 amide bonds. The third-order valence-electron chi connectivity index (χ3n) is 5.35. The SMILES string of the molecule is C(=N/Nc1cc(N2CCOCC2)nc(OCCc2ccccn2)n1)/c1c[nH]c2ccccc12. The zero-order valence-electron chi connectivity index (χ0n) is 18.1. The highest BCUT2D eigenvalue weighted by Crippen LogP contribution is 2.21. The number of hydrogen-bond donors (Lipinski definition) is 2. The molecule has 0 atom stereocenters. The Morgan fingerprint density at radius 1 is 1.12 bits per heavy atom. The summed E-state index contributed by atoms with van der Waals surface area (Å²) in [5.41, 5.74) is 6.05. The van der Waals surface area contributed by atoms with E-state index in [1.54, 1.807) is 12.4 Å². The first-order valence-corrected chi connectivity index (χ1v) is 10.9. The van der Waals surface area contributed by atoms with Crippen molar-refractivity contribution in [3.63, 3.8) is 0 Å². The minimum Gasteiger partial charge on any atom is -0.463 e. The summed E-state index contributed by atoms with van der Waals surface area (Å²) >= 11 is 0. The van der Waals surface area contributed by atoms with E-state index in [9.17, 15) is 0 Å². The van der Waals surface area contributed by atoms with E-state index >= 15 is 0 Å². The maximum atomic E-state index is 5.87. The van der Waals surface area contributed by atoms with Crippen molar-refractivity contribution in [3.8, 4) is 6.01 Å². The average molecular weight is 444 g/mol. The van der Waals surface area contributed by atoms with E-state index in [0.29, 0.717) is 38.1 Å². The number of anilines is 2. The molecule has 4 heterocycles. The second-order valence-electron chi connectivity index (χ2n) is 7.57. The van der Waals surface area contributed by atoms with Gasteiger partial charge in [-0.1, -0.05) is 24.3 Å². The Balaban J connectivity index is 1.31. The topological polar surface area (TPSA) is 101 Å². The van der Waals surface area contributed by atoms with Gasteiger partial charge in [-0.25, -0.2) is 0 Å². The number of pyridine rings is 1. The lowest BCUT2D eigenvalue weighted by Gasteiger charge is -2.28. The Morgan fingerprint density at radius 3 is 2.88 bits per heavy atom. The van der Waals surface area contributed by atoms with Crippen LogP contribution >= 0.6 is 0 Å². The molecule has 3 aromatic heterocycles. The molecule has 1 aliphatic heterocycles. The van der Waals surface area contributed by atoms with E-state index < -0.39 is 0 Å². The quantitative estimate of drug-likeness (QED) is 0.318. The van der Waals surface area contributed by atoms with Gasteiger partial charge in [-0.05, 0) is 18.2 Å². The Bertz CT molecular complexity index is 1220. The lowest BCUT2D eigenvalue weighted by Crippen LogP contribution is -2.36. The van der Waals surface area contributed by atoms with Crippen LogP contribution in [0, 0.1) is 0 Å². The molecule has 0 bridgehead atoms. The van der Waals surface area contributed by atoms with Gasteiger partial charge in [0.05, 0.1) is 26.0 Å². The Kier molecular flexibility index (Phi) is 6.39. The number of morpholine rings is 1. The Morgan fingerprint density at radius 2 is 2.00 bits per heavy atom. The summed E-state index contributed by atoms with van der Waals surface area (Å²) in [6.07, 6.45) is 6.16. The number of benzene rings is 1. The molecule has 2 N–H and O–H groups in total. The van der Waals surface area contributed by atoms with Crippen LogP contribution < -0.4 is 15.1 Å². The van der Waals surface area contributed by atoms with Crippen LogP contribution in [0.3, 0.4) is 0 Å². The first-order valence-electron chi connectivity index (χ1n) is 10.9. The number of fused-ring (bicyclic) bond motifs is 1. The molecule has 0 unspecified atom stereocenters. The molecule has 1 aliphatic rings. The fourth-order valence-electron chi connectivity index (χ4n) is 3.65. The number of nitrogens with one attached hydrogen (secondary N) is 2. The molecule has 4 aromatic rings. The lowest BCUT2D eigenvalue weighted by atomic mass is 10.2. The van der Waals surface area contributed by atoms with E-state index in [0.717, 1.165) is 41.1 Å². The number of para-hydroxylation sites is 1. The summed E-state index contributed by atoms with van der Waals surface area (Å²) < 4.78 is 11.3. The van der Waals surface area contributed by atoms with Gasteiger partial charge in [0, 0.05) is 60.1 Å². The Hall–Kier alpha value is -3.98. The average Bonchev–Trinajstić information content (AvgIpc) is 3.28. The highest BCUT2D eigenvalue weighted by atomic mass is 16.5. The normalized spacial score (nSPS) is 14.1. The van der Waals surface area contributed by atoms with Gasteiger partial charge in [-0.2, -0.15) is 15.1 Å². The monoisotopic (exact) mass is 443 g/mol. The molecule has 0 aliphatic carbocycles. The first-order chi connectivity index (χ1) is 16.3. The summed E-state index contributed by atoms with van der Waals surface area (Å²) in [6.45, 7) is 3.30. The van der Waals surface area contributed by atoms with Crippen molar-refractivity contribution < 1.29 is 9.47 Å². The van der Waals surface area contributed by atoms with Gasteiger partial charge >= 0.3 is 6.01 Å². The van der Waals surface area contributed by atoms with E-state index in [1.165, 1.54) is 0 Å². The highest BCUT2D eigenvalue weighted by molar-refractivity contribution is 5.99. The molecule has 5 rings (SSSR count). The molecule has 1 fully saturated rings. The van der Waals surface area contributed by atoms with Crippen molar-refractivity contribution in [1.29, 1.82) is 0 Å². The number of ether oxygens (including phenoxy) is 2. The number of hydrazone groups is 1. The van der Waals surface area contributed by atoms with Crippen LogP contribution in [0.2, 0.25) is 0 Å². The predicted octanol–water partition coefficient (Wildman–Crippen LogP) is 3.26. The van der Waals surface area contributed by atoms with Crippen LogP contribution in [-0.2, 0) is 11.2 Å². The lowest BCUT2D eigenvalue weighted by molar-refractivity contribution is 0.122. The van der Waals surface area contributed by atoms with E-state index in [-0.39, 0.29) is 0 Å². The summed E-state index contributed by atoms with van der Waals surface area (Å²) in [5.74, 6) is 1.35. The van der Waals surface area contributed by atoms with Gasteiger partial charge in [0.2, 0.25) is 0 Å². The molecular formula is C24H25N7O2. The molecule has 1 saturated heterocycles. The number of nitrogens with zero attached hydrogens (tertiary/aromatic N) is 5. The van der Waals surface area contributed by atoms with Gasteiger partial charge in [-0.15, -0.1) is 0 Å². The van der Waals surface area contributed by atoms with Crippen LogP contribution in [0.1, 0.15) is 11.3 Å². The molecule has 0 saturated carbocycles. The van der Waals surface area contributed by atoms with Crippen molar-refractivity contribution in [2.24, 2.45) is 5.10 Å². The van der Waals surface area contributed by atoms with Crippen molar-refractivity contribution in [2.75, 3.05) is 43.2 Å². The van der Waals surface area contributed by atoms with Crippen LogP contribution in [0.4, 0.5) is 11.6 Å². The fraction of sp³-hybridized carbons (Fsp3) is 0.250. The number of hydrogen-bond acceptors (Lipinski definition) is 8. The smallest absolute Gasteiger partial charge is 0.320 e. The largest absolute Gasteiger partial charge is 0.463 e. The van der Waals surface area contributed by atoms with Crippen molar-refractivity contribution in [1.82, 2.24) is 19.9 Å². The summed E-state index contributed by atoms with van der Waals surface area (Å²) in [4.78, 5) is 18.8. The van der Waals surface area contributed by atoms with Crippen molar-refractivity contribution in [2.45, 2.75) is 6.42 Å². The first kappa shape index (κ1) is 20.9. The van der Waals surface area contributed by atoms with Crippen LogP contribution in [0.5, 0.6) is 6.01 Å². The van der Waals surface area contributed by atoms with Crippen LogP contribution in [0.15, 0.2) is 66.0 Å². The van der Waals surface area contributed by atoms with Crippen molar-refractivity contribution >= 4 is 28.8 Å². The standard InChI is InChI=1S/C24H25N7O2/c1-2-7-21-20(6-1)18(16-26-21)17-27-30-22-15-23(31-10-13-32-14-11-31)29-24(28-22)33-12-8-19-5-3-4-9-25-19/h1-7,9,15-17,26H,8,10-14H2,(H,28,29,30)/b27-17-. The molecule has 168 valence electrons. The number of rotatable bonds is 8. The predicted molar refractivity (Wildman–Crippen MR) is 128 cm³/mol. The van der Waals surface area contributed by atoms with Gasteiger partial charge in [0.1, 0.15) is 5.82 Å². The van der Waals surface area contributed by atoms with Gasteiger partial charge < -0.3 is 19.4 Å². The number of H-pyrrole nitrogens is 1. The molecule has 0 radical (unpaired) electrons. The molecule has 9 nitrogen and oxygen atoms in total. The zero-order valence-corrected chi connectivity index (χ0v) is 18.1. The van der Waals surface area contributed by atoms with Gasteiger partial charge in [0.15, 0.2) is 5.82 Å². The maximum Gasteiger partial charge on any atom is 0.320 e. The van der Waals surface area contributed by atoms with Gasteiger partial charge in [0.25, 0.3) is 0 Å². The van der Waals surface area contributed by atoms with E-state index in [2.05, 4.69) is 41.4 Å². The Labute approximate surface area is 191 Å². The summed E-state index contributed by atoms with van der Waals surface area (Å²) in [5, 5.41) is 5.50. The second kappa shape index (κ2) is 10.1. The van der Waals surface area contributed by atoms with Gasteiger partial charge in [-0.3, -0.25) is 10.4 Å². The maximum absolute atomic E-state index is 5.87. The number of aromatic nitrogens is 4. The third-order valence-corrected chi connectivity index (χ3v) is 5.35. The molecule has 0 spiro atoms. The number of aromatic amines is 1.